The molecule has 6 heteroatoms. The van der Waals surface area contributed by atoms with Crippen LogP contribution in [0.15, 0.2) is 0 Å². The molecule has 3 saturated carbocycles. The van der Waals surface area contributed by atoms with Crippen molar-refractivity contribution in [3.05, 3.63) is 0 Å². The molecule has 0 aromatic carbocycles. The van der Waals surface area contributed by atoms with Crippen molar-refractivity contribution in [2.24, 2.45) is 28.6 Å². The second-order valence-corrected chi connectivity index (χ2v) is 9.33. The van der Waals surface area contributed by atoms with Crippen LogP contribution in [0.2, 0.25) is 0 Å². The zero-order valence-electron chi connectivity index (χ0n) is 15.2. The van der Waals surface area contributed by atoms with Gasteiger partial charge in [0.15, 0.2) is 0 Å². The molecule has 5 rings (SSSR count). The Balaban J connectivity index is 1.17. The van der Waals surface area contributed by atoms with Crippen LogP contribution in [0, 0.1) is 39.9 Å². The van der Waals surface area contributed by atoms with Crippen LogP contribution < -0.4 is 0 Å². The Morgan fingerprint density at radius 2 is 1.88 bits per heavy atom. The highest BCUT2D eigenvalue weighted by molar-refractivity contribution is 5.78. The van der Waals surface area contributed by atoms with Gasteiger partial charge >= 0.3 is 0 Å². The van der Waals surface area contributed by atoms with Crippen LogP contribution >= 0.6 is 0 Å². The zero-order chi connectivity index (χ0) is 18.1. The quantitative estimate of drug-likeness (QED) is 0.818. The summed E-state index contributed by atoms with van der Waals surface area (Å²) in [4.78, 5) is 27.9. The number of likely N-dealkylation sites (tertiary alicyclic amines) is 2. The van der Waals surface area contributed by atoms with E-state index in [1.54, 1.807) is 4.90 Å². The summed E-state index contributed by atoms with van der Waals surface area (Å²) in [6, 6.07) is 2.06. The number of hydrogen-bond acceptors (Lipinski definition) is 4. The van der Waals surface area contributed by atoms with Crippen molar-refractivity contribution in [2.45, 2.75) is 51.0 Å². The Labute approximate surface area is 154 Å². The number of rotatable bonds is 4. The van der Waals surface area contributed by atoms with Crippen LogP contribution in [0.4, 0.5) is 0 Å². The fourth-order valence-corrected chi connectivity index (χ4v) is 7.03. The van der Waals surface area contributed by atoms with E-state index in [0.29, 0.717) is 29.1 Å². The lowest BCUT2D eigenvalue weighted by Crippen LogP contribution is -2.35. The molecule has 0 aromatic rings. The highest BCUT2D eigenvalue weighted by atomic mass is 16.3. The molecular formula is C20H27N3O3. The minimum atomic E-state index is -0.376. The van der Waals surface area contributed by atoms with Crippen molar-refractivity contribution in [1.82, 2.24) is 9.80 Å². The van der Waals surface area contributed by atoms with E-state index < -0.39 is 0 Å². The lowest BCUT2D eigenvalue weighted by Gasteiger charge is -2.26. The Hall–Kier alpha value is -1.61. The number of nitrogens with zero attached hydrogens (tertiary/aromatic N) is 3. The molecule has 3 aliphatic carbocycles. The third kappa shape index (κ3) is 2.07. The maximum Gasteiger partial charge on any atom is 0.248 e. The normalized spacial score (nSPS) is 44.8. The molecule has 5 aliphatic rings. The van der Waals surface area contributed by atoms with Gasteiger partial charge in [-0.05, 0) is 67.1 Å². The average molecular weight is 357 g/mol. The van der Waals surface area contributed by atoms with Crippen LogP contribution in [-0.2, 0) is 9.59 Å². The summed E-state index contributed by atoms with van der Waals surface area (Å²) >= 11 is 0. The fourth-order valence-electron chi connectivity index (χ4n) is 7.03. The van der Waals surface area contributed by atoms with E-state index in [0.717, 1.165) is 44.8 Å². The smallest absolute Gasteiger partial charge is 0.248 e. The van der Waals surface area contributed by atoms with E-state index >= 15 is 0 Å². The number of fused-ring (bicyclic) bond motifs is 4. The average Bonchev–Trinajstić information content (AvgIpc) is 3.16. The van der Waals surface area contributed by atoms with Gasteiger partial charge in [0.25, 0.3) is 0 Å². The molecule has 2 saturated heterocycles. The number of aliphatic hydroxyl groups excluding tert-OH is 1. The summed E-state index contributed by atoms with van der Waals surface area (Å²) in [5.41, 5.74) is 0.858. The Bertz CT molecular complexity index is 687. The van der Waals surface area contributed by atoms with Crippen molar-refractivity contribution in [3.63, 3.8) is 0 Å². The topological polar surface area (TPSA) is 84.6 Å². The van der Waals surface area contributed by atoms with E-state index in [2.05, 4.69) is 6.07 Å². The first kappa shape index (κ1) is 16.6. The lowest BCUT2D eigenvalue weighted by atomic mass is 9.82. The summed E-state index contributed by atoms with van der Waals surface area (Å²) in [5, 5.41) is 18.2. The Morgan fingerprint density at radius 1 is 1.15 bits per heavy atom. The zero-order valence-corrected chi connectivity index (χ0v) is 15.2. The van der Waals surface area contributed by atoms with Crippen molar-refractivity contribution in [1.29, 1.82) is 5.26 Å². The van der Waals surface area contributed by atoms with Gasteiger partial charge in [-0.15, -0.1) is 0 Å². The van der Waals surface area contributed by atoms with Crippen LogP contribution in [0.25, 0.3) is 0 Å². The summed E-state index contributed by atoms with van der Waals surface area (Å²) in [5.74, 6) is 2.03. The maximum absolute atomic E-state index is 12.6. The number of amides is 2. The molecule has 26 heavy (non-hydrogen) atoms. The predicted molar refractivity (Wildman–Crippen MR) is 92.4 cm³/mol. The second kappa shape index (κ2) is 5.45. The van der Waals surface area contributed by atoms with Gasteiger partial charge in [0.2, 0.25) is 11.8 Å². The molecule has 2 aliphatic heterocycles. The minimum Gasteiger partial charge on any atom is -0.387 e. The third-order valence-electron chi connectivity index (χ3n) is 8.48. The molecule has 0 bridgehead atoms. The molecular weight excluding hydrogens is 330 g/mol. The van der Waals surface area contributed by atoms with E-state index in [1.165, 1.54) is 19.3 Å². The first-order chi connectivity index (χ1) is 12.5. The van der Waals surface area contributed by atoms with Crippen molar-refractivity contribution >= 4 is 11.8 Å². The first-order valence-electron chi connectivity index (χ1n) is 10.1. The molecule has 6 nitrogen and oxygen atoms in total. The molecule has 2 amide bonds. The number of carbonyl (C=O) groups is 2. The number of aliphatic hydroxyl groups is 1. The van der Waals surface area contributed by atoms with Crippen LogP contribution in [-0.4, -0.2) is 59.0 Å². The minimum absolute atomic E-state index is 0.132. The summed E-state index contributed by atoms with van der Waals surface area (Å²) in [6.07, 6.45) is 7.05. The monoisotopic (exact) mass is 357 g/mol. The molecule has 140 valence electrons. The largest absolute Gasteiger partial charge is 0.387 e. The van der Waals surface area contributed by atoms with Gasteiger partial charge in [-0.3, -0.25) is 9.59 Å². The predicted octanol–water partition coefficient (Wildman–Crippen LogP) is 1.15. The molecule has 5 fully saturated rings. The molecule has 1 spiro atoms. The number of hydrogen-bond donors (Lipinski definition) is 1. The highest BCUT2D eigenvalue weighted by Crippen LogP contribution is 2.94. The van der Waals surface area contributed by atoms with E-state index in [4.69, 9.17) is 5.11 Å². The summed E-state index contributed by atoms with van der Waals surface area (Å²) in [6.45, 7) is 1.99. The Kier molecular flexibility index (Phi) is 3.47. The Morgan fingerprint density at radius 3 is 2.50 bits per heavy atom. The molecule has 3 unspecified atom stereocenters. The third-order valence-corrected chi connectivity index (χ3v) is 8.48. The van der Waals surface area contributed by atoms with E-state index in [1.807, 2.05) is 4.90 Å². The molecule has 1 N–H and O–H groups in total. The number of carbonyl (C=O) groups excluding carboxylic acids is 2. The van der Waals surface area contributed by atoms with Gasteiger partial charge in [0.05, 0.1) is 6.07 Å². The van der Waals surface area contributed by atoms with Gasteiger partial charge in [-0.1, -0.05) is 0 Å². The lowest BCUT2D eigenvalue weighted by molar-refractivity contribution is -0.133. The number of nitriles is 1. The molecule has 0 radical (unpaired) electrons. The molecule has 2 heterocycles. The van der Waals surface area contributed by atoms with Crippen molar-refractivity contribution < 1.29 is 14.7 Å². The van der Waals surface area contributed by atoms with Gasteiger partial charge in [0, 0.05) is 26.1 Å². The van der Waals surface area contributed by atoms with Crippen LogP contribution in [0.1, 0.15) is 44.9 Å². The van der Waals surface area contributed by atoms with E-state index in [9.17, 15) is 14.9 Å². The highest BCUT2D eigenvalue weighted by Gasteiger charge is 2.88. The van der Waals surface area contributed by atoms with E-state index in [-0.39, 0.29) is 24.5 Å². The first-order valence-corrected chi connectivity index (χ1v) is 10.1. The van der Waals surface area contributed by atoms with Crippen molar-refractivity contribution in [2.75, 3.05) is 26.2 Å². The maximum atomic E-state index is 12.6. The van der Waals surface area contributed by atoms with Gasteiger partial charge < -0.3 is 14.9 Å². The van der Waals surface area contributed by atoms with Crippen LogP contribution in [0.3, 0.4) is 0 Å². The van der Waals surface area contributed by atoms with Gasteiger partial charge in [-0.25, -0.2) is 0 Å². The second-order valence-electron chi connectivity index (χ2n) is 9.33. The molecule has 6 atom stereocenters. The van der Waals surface area contributed by atoms with Gasteiger partial charge in [-0.2, -0.15) is 5.26 Å². The SMILES string of the molecule is N#C[C@@H]1CCCN1C(=O)CCC12CC1C21C[C@H]2CN(C(=O)CO)C[C@H]2C1. The van der Waals surface area contributed by atoms with Gasteiger partial charge in [0.1, 0.15) is 12.6 Å². The standard InChI is InChI=1S/C20H27N3O3/c21-9-15-2-1-5-23(15)17(25)3-4-19-8-16(19)20(19)6-13-10-22(18(26)12-24)11-14(13)7-20/h13-16,24H,1-8,10-12H2/t13-,14+,15-,16?,19?,20?/m0/s1. The summed E-state index contributed by atoms with van der Waals surface area (Å²) < 4.78 is 0. The molecule has 0 aromatic heterocycles. The van der Waals surface area contributed by atoms with Crippen molar-refractivity contribution in [3.8, 4) is 6.07 Å². The fraction of sp³-hybridized carbons (Fsp3) is 0.850. The van der Waals surface area contributed by atoms with Crippen LogP contribution in [0.5, 0.6) is 0 Å². The summed E-state index contributed by atoms with van der Waals surface area (Å²) in [7, 11) is 0.